The van der Waals surface area contributed by atoms with Gasteiger partial charge in [-0.15, -0.1) is 0 Å². The number of fused-ring (bicyclic) bond motifs is 11. The molecule has 0 aliphatic carbocycles. The summed E-state index contributed by atoms with van der Waals surface area (Å²) in [7, 11) is 0. The van der Waals surface area contributed by atoms with Crippen molar-refractivity contribution in [3.8, 4) is 51.0 Å². The van der Waals surface area contributed by atoms with Crippen LogP contribution in [0.4, 0.5) is 0 Å². The van der Waals surface area contributed by atoms with Crippen LogP contribution in [-0.4, -0.2) is 19.5 Å². The van der Waals surface area contributed by atoms with Gasteiger partial charge in [-0.25, -0.2) is 15.0 Å². The Bertz CT molecular complexity index is 4190. The molecule has 3 aromatic heterocycles. The molecule has 14 rings (SSSR count). The van der Waals surface area contributed by atoms with Crippen molar-refractivity contribution in [2.75, 3.05) is 0 Å². The third kappa shape index (κ3) is 5.63. The van der Waals surface area contributed by atoms with Gasteiger partial charge in [0.15, 0.2) is 17.5 Å². The van der Waals surface area contributed by atoms with E-state index in [1.165, 1.54) is 26.9 Å². The maximum absolute atomic E-state index is 7.01. The van der Waals surface area contributed by atoms with Crippen LogP contribution >= 0.6 is 0 Å². The molecule has 0 amide bonds. The standard InChI is InChI=1S/C61H36N4O/c1-2-14-37(15-3-1)38-26-28-39(29-27-38)59-62-60(52-34-44-20-8-9-21-45(44)46-22-10-11-23-47(46)52)64-61(63-59)57-53(31-30-49-48-24-12-13-25-56(48)66-58(49)57)65-54-35-42-18-6-4-16-40(42)32-50(54)51-33-41-17-5-7-19-43(41)36-55(51)65/h1-36H. The molecule has 0 unspecified atom stereocenters. The Kier molecular flexibility index (Phi) is 7.91. The molecule has 11 aromatic carbocycles. The normalized spacial score (nSPS) is 11.9. The van der Waals surface area contributed by atoms with Gasteiger partial charge in [0.05, 0.1) is 22.3 Å². The molecule has 3 heterocycles. The van der Waals surface area contributed by atoms with Gasteiger partial charge in [0.1, 0.15) is 11.2 Å². The van der Waals surface area contributed by atoms with Gasteiger partial charge < -0.3 is 8.98 Å². The van der Waals surface area contributed by atoms with Gasteiger partial charge in [0, 0.05) is 32.7 Å². The van der Waals surface area contributed by atoms with E-state index in [1.54, 1.807) is 0 Å². The van der Waals surface area contributed by atoms with E-state index >= 15 is 0 Å². The molecule has 0 saturated carbocycles. The summed E-state index contributed by atoms with van der Waals surface area (Å²) < 4.78 is 9.41. The van der Waals surface area contributed by atoms with Crippen LogP contribution in [0, 0.1) is 0 Å². The Labute approximate surface area is 378 Å². The minimum absolute atomic E-state index is 0.524. The fourth-order valence-corrected chi connectivity index (χ4v) is 10.2. The van der Waals surface area contributed by atoms with Crippen LogP contribution in [0.15, 0.2) is 223 Å². The number of hydrogen-bond donors (Lipinski definition) is 0. The van der Waals surface area contributed by atoms with Crippen molar-refractivity contribution < 1.29 is 4.42 Å². The minimum atomic E-state index is 0.524. The van der Waals surface area contributed by atoms with Crippen molar-refractivity contribution in [3.63, 3.8) is 0 Å². The predicted octanol–water partition coefficient (Wildman–Crippen LogP) is 16.1. The Morgan fingerprint density at radius 3 is 1.53 bits per heavy atom. The largest absolute Gasteiger partial charge is 0.455 e. The fraction of sp³-hybridized carbons (Fsp3) is 0. The third-order valence-corrected chi connectivity index (χ3v) is 13.4. The number of aromatic nitrogens is 4. The number of furan rings is 1. The van der Waals surface area contributed by atoms with E-state index in [4.69, 9.17) is 19.4 Å². The summed E-state index contributed by atoms with van der Waals surface area (Å²) >= 11 is 0. The number of benzene rings is 11. The molecule has 0 fully saturated rings. The highest BCUT2D eigenvalue weighted by atomic mass is 16.3. The van der Waals surface area contributed by atoms with Crippen LogP contribution in [0.2, 0.25) is 0 Å². The summed E-state index contributed by atoms with van der Waals surface area (Å²) in [5, 5.41) is 13.6. The molecule has 0 saturated heterocycles. The molecular weight excluding hydrogens is 805 g/mol. The Balaban J connectivity index is 1.12. The first-order valence-corrected chi connectivity index (χ1v) is 22.3. The zero-order chi connectivity index (χ0) is 43.3. The maximum Gasteiger partial charge on any atom is 0.170 e. The van der Waals surface area contributed by atoms with E-state index in [0.29, 0.717) is 17.5 Å². The first kappa shape index (κ1) is 36.5. The van der Waals surface area contributed by atoms with Crippen LogP contribution in [0.1, 0.15) is 0 Å². The van der Waals surface area contributed by atoms with Crippen LogP contribution in [0.3, 0.4) is 0 Å². The van der Waals surface area contributed by atoms with Gasteiger partial charge in [-0.05, 0) is 103 Å². The topological polar surface area (TPSA) is 56.7 Å². The second kappa shape index (κ2) is 14.3. The molecule has 0 aliphatic rings. The Morgan fingerprint density at radius 2 is 0.833 bits per heavy atom. The average Bonchev–Trinajstić information content (AvgIpc) is 3.91. The molecule has 0 N–H and O–H groups in total. The lowest BCUT2D eigenvalue weighted by Gasteiger charge is -2.16. The molecule has 5 nitrogen and oxygen atoms in total. The zero-order valence-electron chi connectivity index (χ0n) is 35.5. The molecular formula is C61H36N4O. The molecule has 14 aromatic rings. The van der Waals surface area contributed by atoms with Crippen LogP contribution < -0.4 is 0 Å². The smallest absolute Gasteiger partial charge is 0.170 e. The van der Waals surface area contributed by atoms with Crippen LogP contribution in [0.25, 0.3) is 138 Å². The van der Waals surface area contributed by atoms with Gasteiger partial charge in [-0.1, -0.05) is 170 Å². The van der Waals surface area contributed by atoms with E-state index < -0.39 is 0 Å². The quantitative estimate of drug-likeness (QED) is 0.162. The molecule has 66 heavy (non-hydrogen) atoms. The van der Waals surface area contributed by atoms with E-state index in [1.807, 2.05) is 18.2 Å². The number of rotatable bonds is 5. The first-order chi connectivity index (χ1) is 32.7. The van der Waals surface area contributed by atoms with E-state index in [0.717, 1.165) is 93.4 Å². The van der Waals surface area contributed by atoms with Gasteiger partial charge in [-0.2, -0.15) is 0 Å². The lowest BCUT2D eigenvalue weighted by molar-refractivity contribution is 0.669. The second-order valence-corrected chi connectivity index (χ2v) is 17.1. The number of para-hydroxylation sites is 1. The SMILES string of the molecule is c1ccc(-c2ccc(-c3nc(-c4cc5ccccc5c5ccccc45)nc(-c4c(-n5c6cc7ccccc7cc6c6cc7ccccc7cc65)ccc5c4oc4ccccc45)n3)cc2)cc1. The Morgan fingerprint density at radius 1 is 0.318 bits per heavy atom. The van der Waals surface area contributed by atoms with Crippen molar-refractivity contribution in [2.24, 2.45) is 0 Å². The molecule has 0 radical (unpaired) electrons. The predicted molar refractivity (Wildman–Crippen MR) is 273 cm³/mol. The zero-order valence-corrected chi connectivity index (χ0v) is 35.5. The summed E-state index contributed by atoms with van der Waals surface area (Å²) in [6.45, 7) is 0. The summed E-state index contributed by atoms with van der Waals surface area (Å²) in [5.41, 5.74) is 9.49. The molecule has 0 spiro atoms. The first-order valence-electron chi connectivity index (χ1n) is 22.3. The average molecular weight is 841 g/mol. The number of nitrogens with zero attached hydrogens (tertiary/aromatic N) is 4. The molecule has 0 atom stereocenters. The van der Waals surface area contributed by atoms with Gasteiger partial charge in [-0.3, -0.25) is 0 Å². The lowest BCUT2D eigenvalue weighted by Crippen LogP contribution is -2.04. The van der Waals surface area contributed by atoms with Crippen molar-refractivity contribution in [1.29, 1.82) is 0 Å². The molecule has 0 aliphatic heterocycles. The molecule has 5 heteroatoms. The summed E-state index contributed by atoms with van der Waals surface area (Å²) in [5.74, 6) is 1.68. The van der Waals surface area contributed by atoms with Crippen molar-refractivity contribution in [2.45, 2.75) is 0 Å². The van der Waals surface area contributed by atoms with E-state index in [2.05, 4.69) is 205 Å². The van der Waals surface area contributed by atoms with Crippen molar-refractivity contribution >= 4 is 86.8 Å². The van der Waals surface area contributed by atoms with Crippen LogP contribution in [0.5, 0.6) is 0 Å². The van der Waals surface area contributed by atoms with Crippen LogP contribution in [-0.2, 0) is 0 Å². The van der Waals surface area contributed by atoms with Gasteiger partial charge >= 0.3 is 0 Å². The lowest BCUT2D eigenvalue weighted by atomic mass is 9.96. The maximum atomic E-state index is 7.01. The highest BCUT2D eigenvalue weighted by Gasteiger charge is 2.26. The molecule has 306 valence electrons. The Hall–Kier alpha value is -8.93. The molecule has 0 bridgehead atoms. The van der Waals surface area contributed by atoms with Crippen molar-refractivity contribution in [3.05, 3.63) is 218 Å². The van der Waals surface area contributed by atoms with E-state index in [9.17, 15) is 0 Å². The highest BCUT2D eigenvalue weighted by Crippen LogP contribution is 2.44. The fourth-order valence-electron chi connectivity index (χ4n) is 10.2. The second-order valence-electron chi connectivity index (χ2n) is 17.1. The van der Waals surface area contributed by atoms with Crippen molar-refractivity contribution in [1.82, 2.24) is 19.5 Å². The van der Waals surface area contributed by atoms with Gasteiger partial charge in [0.25, 0.3) is 0 Å². The number of hydrogen-bond acceptors (Lipinski definition) is 4. The third-order valence-electron chi connectivity index (χ3n) is 13.4. The van der Waals surface area contributed by atoms with Gasteiger partial charge in [0.2, 0.25) is 0 Å². The summed E-state index contributed by atoms with van der Waals surface area (Å²) in [4.78, 5) is 16.5. The highest BCUT2D eigenvalue weighted by molar-refractivity contribution is 6.19. The summed E-state index contributed by atoms with van der Waals surface area (Å²) in [6, 6.07) is 77.5. The minimum Gasteiger partial charge on any atom is -0.455 e. The summed E-state index contributed by atoms with van der Waals surface area (Å²) in [6.07, 6.45) is 0. The van der Waals surface area contributed by atoms with E-state index in [-0.39, 0.29) is 0 Å². The monoisotopic (exact) mass is 840 g/mol.